The van der Waals surface area contributed by atoms with Gasteiger partial charge in [-0.2, -0.15) is 10.4 Å². The Balaban J connectivity index is 2.09. The van der Waals surface area contributed by atoms with Crippen LogP contribution >= 0.6 is 0 Å². The Labute approximate surface area is 89.1 Å². The Kier molecular flexibility index (Phi) is 2.69. The first-order valence-electron chi connectivity index (χ1n) is 5.30. The van der Waals surface area contributed by atoms with Gasteiger partial charge in [-0.05, 0) is 19.4 Å². The molecule has 5 heteroatoms. The molecule has 1 aliphatic carbocycles. The van der Waals surface area contributed by atoms with Crippen molar-refractivity contribution in [3.05, 3.63) is 12.7 Å². The van der Waals surface area contributed by atoms with Gasteiger partial charge in [-0.15, -0.1) is 0 Å². The molecule has 0 aliphatic heterocycles. The quantitative estimate of drug-likeness (QED) is 0.795. The second kappa shape index (κ2) is 3.99. The van der Waals surface area contributed by atoms with E-state index in [1.807, 2.05) is 11.6 Å². The van der Waals surface area contributed by atoms with Crippen LogP contribution in [-0.2, 0) is 0 Å². The third-order valence-corrected chi connectivity index (χ3v) is 3.03. The molecule has 2 unspecified atom stereocenters. The zero-order valence-corrected chi connectivity index (χ0v) is 8.85. The van der Waals surface area contributed by atoms with Crippen molar-refractivity contribution in [2.24, 2.45) is 0 Å². The van der Waals surface area contributed by atoms with Crippen LogP contribution in [0.25, 0.3) is 0 Å². The molecule has 1 aromatic heterocycles. The minimum Gasteiger partial charge on any atom is -0.300 e. The molecular weight excluding hydrogens is 190 g/mol. The van der Waals surface area contributed by atoms with Crippen molar-refractivity contribution in [2.75, 3.05) is 6.54 Å². The molecule has 0 radical (unpaired) electrons. The fourth-order valence-corrected chi connectivity index (χ4v) is 2.29. The highest BCUT2D eigenvalue weighted by Gasteiger charge is 2.39. The summed E-state index contributed by atoms with van der Waals surface area (Å²) in [6.07, 6.45) is 5.97. The molecular formula is C10H15N5. The van der Waals surface area contributed by atoms with Crippen LogP contribution in [-0.4, -0.2) is 26.8 Å². The number of nitrogens with one attached hydrogen (secondary N) is 1. The number of hydrogen-bond acceptors (Lipinski definition) is 4. The lowest BCUT2D eigenvalue weighted by Crippen LogP contribution is -2.41. The molecule has 2 rings (SSSR count). The SMILES string of the molecule is CCNC1(C#N)CCC(n2cncn2)C1. The Morgan fingerprint density at radius 1 is 1.73 bits per heavy atom. The summed E-state index contributed by atoms with van der Waals surface area (Å²) in [4.78, 5) is 3.93. The van der Waals surface area contributed by atoms with E-state index < -0.39 is 0 Å². The van der Waals surface area contributed by atoms with Crippen LogP contribution in [0.2, 0.25) is 0 Å². The summed E-state index contributed by atoms with van der Waals surface area (Å²) in [6.45, 7) is 2.86. The van der Waals surface area contributed by atoms with Crippen molar-refractivity contribution in [3.63, 3.8) is 0 Å². The fraction of sp³-hybridized carbons (Fsp3) is 0.700. The van der Waals surface area contributed by atoms with Gasteiger partial charge in [-0.1, -0.05) is 6.92 Å². The van der Waals surface area contributed by atoms with Crippen molar-refractivity contribution in [1.82, 2.24) is 20.1 Å². The first-order valence-corrected chi connectivity index (χ1v) is 5.30. The number of nitrogens with zero attached hydrogens (tertiary/aromatic N) is 4. The van der Waals surface area contributed by atoms with Gasteiger partial charge >= 0.3 is 0 Å². The molecule has 1 aromatic rings. The van der Waals surface area contributed by atoms with E-state index in [0.29, 0.717) is 6.04 Å². The maximum Gasteiger partial charge on any atom is 0.137 e. The van der Waals surface area contributed by atoms with E-state index in [9.17, 15) is 5.26 Å². The van der Waals surface area contributed by atoms with Crippen molar-refractivity contribution >= 4 is 0 Å². The molecule has 0 saturated heterocycles. The maximum absolute atomic E-state index is 9.21. The number of aromatic nitrogens is 3. The van der Waals surface area contributed by atoms with Crippen LogP contribution in [0, 0.1) is 11.3 Å². The van der Waals surface area contributed by atoms with Gasteiger partial charge in [-0.3, -0.25) is 5.32 Å². The minimum atomic E-state index is -0.356. The molecule has 15 heavy (non-hydrogen) atoms. The van der Waals surface area contributed by atoms with E-state index in [1.165, 1.54) is 0 Å². The van der Waals surface area contributed by atoms with Crippen molar-refractivity contribution in [3.8, 4) is 6.07 Å². The predicted octanol–water partition coefficient (Wildman–Crippen LogP) is 0.875. The summed E-state index contributed by atoms with van der Waals surface area (Å²) < 4.78 is 1.86. The van der Waals surface area contributed by atoms with E-state index in [1.54, 1.807) is 12.7 Å². The maximum atomic E-state index is 9.21. The Bertz CT molecular complexity index is 352. The molecule has 1 saturated carbocycles. The fourth-order valence-electron chi connectivity index (χ4n) is 2.29. The Morgan fingerprint density at radius 3 is 3.20 bits per heavy atom. The van der Waals surface area contributed by atoms with Crippen LogP contribution in [0.15, 0.2) is 12.7 Å². The minimum absolute atomic E-state index is 0.311. The van der Waals surface area contributed by atoms with Crippen LogP contribution < -0.4 is 5.32 Å². The van der Waals surface area contributed by atoms with E-state index >= 15 is 0 Å². The summed E-state index contributed by atoms with van der Waals surface area (Å²) in [5.41, 5.74) is -0.356. The second-order valence-corrected chi connectivity index (χ2v) is 4.00. The molecule has 80 valence electrons. The van der Waals surface area contributed by atoms with Crippen molar-refractivity contribution in [2.45, 2.75) is 37.8 Å². The molecule has 0 aromatic carbocycles. The summed E-state index contributed by atoms with van der Waals surface area (Å²) in [5.74, 6) is 0. The first-order chi connectivity index (χ1) is 7.29. The van der Waals surface area contributed by atoms with Gasteiger partial charge in [0.1, 0.15) is 18.2 Å². The van der Waals surface area contributed by atoms with Crippen LogP contribution in [0.4, 0.5) is 0 Å². The van der Waals surface area contributed by atoms with Gasteiger partial charge in [0.15, 0.2) is 0 Å². The topological polar surface area (TPSA) is 66.5 Å². The molecule has 0 bridgehead atoms. The smallest absolute Gasteiger partial charge is 0.137 e. The highest BCUT2D eigenvalue weighted by molar-refractivity contribution is 5.12. The lowest BCUT2D eigenvalue weighted by molar-refractivity contribution is 0.395. The highest BCUT2D eigenvalue weighted by Crippen LogP contribution is 2.36. The number of nitriles is 1. The van der Waals surface area contributed by atoms with Gasteiger partial charge in [-0.25, -0.2) is 9.67 Å². The van der Waals surface area contributed by atoms with Gasteiger partial charge in [0, 0.05) is 6.42 Å². The van der Waals surface area contributed by atoms with E-state index in [-0.39, 0.29) is 5.54 Å². The molecule has 2 atom stereocenters. The third kappa shape index (κ3) is 1.85. The standard InChI is InChI=1S/C10H15N5/c1-2-13-10(6-11)4-3-9(5-10)15-8-12-7-14-15/h7-9,13H,2-5H2,1H3. The molecule has 1 heterocycles. The molecule has 5 nitrogen and oxygen atoms in total. The van der Waals surface area contributed by atoms with Gasteiger partial charge in [0.05, 0.1) is 12.1 Å². The first kappa shape index (κ1) is 10.1. The number of rotatable bonds is 3. The van der Waals surface area contributed by atoms with Crippen molar-refractivity contribution < 1.29 is 0 Å². The lowest BCUT2D eigenvalue weighted by Gasteiger charge is -2.21. The van der Waals surface area contributed by atoms with Crippen LogP contribution in [0.5, 0.6) is 0 Å². The molecule has 0 spiro atoms. The summed E-state index contributed by atoms with van der Waals surface area (Å²) in [5, 5.41) is 16.6. The Hall–Kier alpha value is -1.41. The zero-order valence-electron chi connectivity index (χ0n) is 8.85. The normalized spacial score (nSPS) is 30.3. The van der Waals surface area contributed by atoms with Crippen molar-refractivity contribution in [1.29, 1.82) is 5.26 Å². The average Bonchev–Trinajstić information content (AvgIpc) is 2.86. The largest absolute Gasteiger partial charge is 0.300 e. The molecule has 1 aliphatic rings. The molecule has 1 fully saturated rings. The van der Waals surface area contributed by atoms with E-state index in [2.05, 4.69) is 21.5 Å². The summed E-state index contributed by atoms with van der Waals surface area (Å²) in [7, 11) is 0. The van der Waals surface area contributed by atoms with E-state index in [4.69, 9.17) is 0 Å². The van der Waals surface area contributed by atoms with Gasteiger partial charge in [0.2, 0.25) is 0 Å². The van der Waals surface area contributed by atoms with Crippen LogP contribution in [0.1, 0.15) is 32.2 Å². The van der Waals surface area contributed by atoms with Gasteiger partial charge in [0.25, 0.3) is 0 Å². The second-order valence-electron chi connectivity index (χ2n) is 4.00. The zero-order chi connectivity index (χ0) is 10.7. The third-order valence-electron chi connectivity index (χ3n) is 3.03. The number of hydrogen-bond donors (Lipinski definition) is 1. The molecule has 1 N–H and O–H groups in total. The van der Waals surface area contributed by atoms with Crippen LogP contribution in [0.3, 0.4) is 0 Å². The highest BCUT2D eigenvalue weighted by atomic mass is 15.3. The monoisotopic (exact) mass is 205 g/mol. The van der Waals surface area contributed by atoms with E-state index in [0.717, 1.165) is 25.8 Å². The summed E-state index contributed by atoms with van der Waals surface area (Å²) >= 11 is 0. The summed E-state index contributed by atoms with van der Waals surface area (Å²) in [6, 6.07) is 2.71. The Morgan fingerprint density at radius 2 is 2.60 bits per heavy atom. The molecule has 0 amide bonds. The average molecular weight is 205 g/mol. The lowest BCUT2D eigenvalue weighted by atomic mass is 9.99. The predicted molar refractivity (Wildman–Crippen MR) is 54.9 cm³/mol. The van der Waals surface area contributed by atoms with Gasteiger partial charge < -0.3 is 0 Å².